The van der Waals surface area contributed by atoms with E-state index in [1.165, 1.54) is 11.8 Å². The Morgan fingerprint density at radius 3 is 1.61 bits per heavy atom. The van der Waals surface area contributed by atoms with Crippen LogP contribution in [0.4, 0.5) is 0 Å². The fourth-order valence-electron chi connectivity index (χ4n) is 4.10. The lowest BCUT2D eigenvalue weighted by molar-refractivity contribution is -0.133. The number of carboxylic acids is 1. The second-order valence-electron chi connectivity index (χ2n) is 8.21. The van der Waals surface area contributed by atoms with Gasteiger partial charge in [0.15, 0.2) is 12.7 Å². The van der Waals surface area contributed by atoms with Crippen LogP contribution in [0.1, 0.15) is 15.9 Å². The topological polar surface area (TPSA) is 66.4 Å². The van der Waals surface area contributed by atoms with Gasteiger partial charge in [-0.15, -0.1) is 11.8 Å². The number of aryl methyl sites for hydroxylation is 1. The van der Waals surface area contributed by atoms with Crippen molar-refractivity contribution in [1.82, 2.24) is 5.32 Å². The van der Waals surface area contributed by atoms with Crippen molar-refractivity contribution in [2.75, 3.05) is 5.75 Å². The van der Waals surface area contributed by atoms with Crippen LogP contribution in [-0.2, 0) is 4.79 Å². The molecule has 4 aromatic rings. The van der Waals surface area contributed by atoms with Crippen molar-refractivity contribution in [2.45, 2.75) is 6.92 Å². The standard InChI is InChI=1S/C30H26NO3PS/c1-23-17-19-24(20-18-23)30(34)31-28(21-36-22-29(32)33)35(25-11-5-2-6-12-25,26-13-7-3-8-14-26)27-15-9-4-10-16-27/h2-21H,22H2,1H3,(H-,31,32,33,34)/p+1. The van der Waals surface area contributed by atoms with Crippen LogP contribution in [-0.4, -0.2) is 22.7 Å². The van der Waals surface area contributed by atoms with E-state index in [0.717, 1.165) is 21.5 Å². The quantitative estimate of drug-likeness (QED) is 0.297. The molecule has 4 nitrogen and oxygen atoms in total. The molecular formula is C30H27NO3PS+. The summed E-state index contributed by atoms with van der Waals surface area (Å²) in [6, 6.07) is 37.9. The molecule has 2 N–H and O–H groups in total. The lowest BCUT2D eigenvalue weighted by atomic mass is 10.1. The van der Waals surface area contributed by atoms with Crippen LogP contribution in [0.2, 0.25) is 0 Å². The number of hydrogen-bond donors (Lipinski definition) is 2. The third-order valence-corrected chi connectivity index (χ3v) is 10.9. The number of nitrogens with one attached hydrogen (secondary N) is 1. The molecule has 4 rings (SSSR count). The van der Waals surface area contributed by atoms with E-state index in [1.54, 1.807) is 12.1 Å². The number of hydrogen-bond acceptors (Lipinski definition) is 3. The van der Waals surface area contributed by atoms with E-state index in [0.29, 0.717) is 11.0 Å². The van der Waals surface area contributed by atoms with Gasteiger partial charge in [-0.05, 0) is 55.5 Å². The Hall–Kier alpha value is -3.66. The van der Waals surface area contributed by atoms with Gasteiger partial charge in [-0.25, -0.2) is 0 Å². The maximum Gasteiger partial charge on any atom is 0.313 e. The number of aliphatic carboxylic acids is 1. The normalized spacial score (nSPS) is 11.6. The zero-order valence-corrected chi connectivity index (χ0v) is 21.6. The molecule has 36 heavy (non-hydrogen) atoms. The molecule has 0 aliphatic carbocycles. The predicted molar refractivity (Wildman–Crippen MR) is 152 cm³/mol. The number of carbonyl (C=O) groups excluding carboxylic acids is 1. The first-order valence-electron chi connectivity index (χ1n) is 11.5. The largest absolute Gasteiger partial charge is 0.481 e. The highest BCUT2D eigenvalue weighted by atomic mass is 32.2. The third kappa shape index (κ3) is 5.59. The first-order chi connectivity index (χ1) is 17.5. The smallest absolute Gasteiger partial charge is 0.313 e. The summed E-state index contributed by atoms with van der Waals surface area (Å²) in [5.74, 6) is -1.25. The molecule has 180 valence electrons. The van der Waals surface area contributed by atoms with E-state index in [2.05, 4.69) is 41.7 Å². The van der Waals surface area contributed by atoms with E-state index in [1.807, 2.05) is 79.1 Å². The number of benzene rings is 4. The molecule has 0 saturated carbocycles. The van der Waals surface area contributed by atoms with Gasteiger partial charge in [0, 0.05) is 11.0 Å². The number of carboxylic acid groups (broad SMARTS) is 1. The highest BCUT2D eigenvalue weighted by Crippen LogP contribution is 2.61. The maximum atomic E-state index is 13.5. The van der Waals surface area contributed by atoms with E-state index in [-0.39, 0.29) is 11.7 Å². The minimum Gasteiger partial charge on any atom is -0.481 e. The summed E-state index contributed by atoms with van der Waals surface area (Å²) in [7, 11) is -2.59. The zero-order valence-electron chi connectivity index (χ0n) is 19.9. The molecule has 1 amide bonds. The molecule has 4 aromatic carbocycles. The predicted octanol–water partition coefficient (Wildman–Crippen LogP) is 5.34. The van der Waals surface area contributed by atoms with Crippen molar-refractivity contribution in [1.29, 1.82) is 0 Å². The summed E-state index contributed by atoms with van der Waals surface area (Å²) in [5.41, 5.74) is 2.31. The summed E-state index contributed by atoms with van der Waals surface area (Å²) in [4.78, 5) is 24.9. The van der Waals surface area contributed by atoms with Crippen molar-refractivity contribution in [2.24, 2.45) is 0 Å². The summed E-state index contributed by atoms with van der Waals surface area (Å²) in [6.07, 6.45) is 0. The lowest BCUT2D eigenvalue weighted by Crippen LogP contribution is -2.38. The molecule has 0 unspecified atom stereocenters. The molecule has 0 aliphatic heterocycles. The minimum absolute atomic E-state index is 0.109. The Kier molecular flexibility index (Phi) is 8.37. The van der Waals surface area contributed by atoms with Crippen molar-refractivity contribution in [3.8, 4) is 0 Å². The van der Waals surface area contributed by atoms with Gasteiger partial charge in [0.2, 0.25) is 0 Å². The number of thioether (sulfide) groups is 1. The Bertz CT molecular complexity index is 1240. The highest BCUT2D eigenvalue weighted by molar-refractivity contribution is 8.04. The molecule has 0 spiro atoms. The molecule has 0 bridgehead atoms. The maximum absolute atomic E-state index is 13.5. The van der Waals surface area contributed by atoms with Crippen molar-refractivity contribution < 1.29 is 14.7 Å². The van der Waals surface area contributed by atoms with Crippen LogP contribution in [0.3, 0.4) is 0 Å². The summed E-state index contributed by atoms with van der Waals surface area (Å²) >= 11 is 1.17. The Balaban J connectivity index is 1.97. The second-order valence-corrected chi connectivity index (χ2v) is 12.4. The molecule has 0 aromatic heterocycles. The van der Waals surface area contributed by atoms with Crippen LogP contribution < -0.4 is 21.2 Å². The average Bonchev–Trinajstić information content (AvgIpc) is 2.91. The lowest BCUT2D eigenvalue weighted by Gasteiger charge is -2.29. The average molecular weight is 513 g/mol. The SMILES string of the molecule is Cc1ccc(C(=O)NC(=CSCC(=O)O)[P+](c2ccccc2)(c2ccccc2)c2ccccc2)cc1. The van der Waals surface area contributed by atoms with E-state index in [4.69, 9.17) is 0 Å². The van der Waals surface area contributed by atoms with Crippen molar-refractivity contribution in [3.63, 3.8) is 0 Å². The molecular weight excluding hydrogens is 485 g/mol. The van der Waals surface area contributed by atoms with Gasteiger partial charge in [0.25, 0.3) is 5.91 Å². The molecule has 0 aliphatic rings. The fraction of sp³-hybridized carbons (Fsp3) is 0.0667. The fourth-order valence-corrected chi connectivity index (χ4v) is 9.25. The number of amides is 1. The van der Waals surface area contributed by atoms with Gasteiger partial charge < -0.3 is 5.11 Å². The van der Waals surface area contributed by atoms with Gasteiger partial charge in [0.05, 0.1) is 5.75 Å². The van der Waals surface area contributed by atoms with Crippen LogP contribution in [0, 0.1) is 6.92 Å². The molecule has 0 atom stereocenters. The van der Waals surface area contributed by atoms with Crippen LogP contribution in [0.25, 0.3) is 0 Å². The number of rotatable bonds is 9. The van der Waals surface area contributed by atoms with Crippen LogP contribution in [0.5, 0.6) is 0 Å². The minimum atomic E-state index is -2.59. The van der Waals surface area contributed by atoms with Gasteiger partial charge >= 0.3 is 5.97 Å². The zero-order chi connectivity index (χ0) is 25.4. The second kappa shape index (κ2) is 11.9. The number of carbonyl (C=O) groups is 2. The molecule has 0 saturated heterocycles. The van der Waals surface area contributed by atoms with Gasteiger partial charge in [-0.1, -0.05) is 72.3 Å². The monoisotopic (exact) mass is 512 g/mol. The van der Waals surface area contributed by atoms with Gasteiger partial charge in [-0.3, -0.25) is 14.9 Å². The first-order valence-corrected chi connectivity index (χ1v) is 14.3. The van der Waals surface area contributed by atoms with Crippen LogP contribution in [0.15, 0.2) is 126 Å². The first kappa shape index (κ1) is 25.4. The van der Waals surface area contributed by atoms with E-state index in [9.17, 15) is 14.7 Å². The highest BCUT2D eigenvalue weighted by Gasteiger charge is 2.50. The molecule has 0 radical (unpaired) electrons. The Labute approximate surface area is 216 Å². The Morgan fingerprint density at radius 2 is 1.19 bits per heavy atom. The van der Waals surface area contributed by atoms with Crippen LogP contribution >= 0.6 is 19.0 Å². The molecule has 6 heteroatoms. The van der Waals surface area contributed by atoms with Crippen molar-refractivity contribution >= 4 is 46.8 Å². The summed E-state index contributed by atoms with van der Waals surface area (Å²) in [6.45, 7) is 1.98. The summed E-state index contributed by atoms with van der Waals surface area (Å²) < 4.78 is 0. The summed E-state index contributed by atoms with van der Waals surface area (Å²) in [5, 5.41) is 17.6. The van der Waals surface area contributed by atoms with Crippen molar-refractivity contribution in [3.05, 3.63) is 137 Å². The third-order valence-electron chi connectivity index (χ3n) is 5.75. The van der Waals surface area contributed by atoms with E-state index >= 15 is 0 Å². The van der Waals surface area contributed by atoms with Gasteiger partial charge in [0.1, 0.15) is 15.9 Å². The molecule has 0 fully saturated rings. The molecule has 0 heterocycles. The van der Waals surface area contributed by atoms with E-state index < -0.39 is 13.2 Å². The Morgan fingerprint density at radius 1 is 0.750 bits per heavy atom. The van der Waals surface area contributed by atoms with Gasteiger partial charge in [-0.2, -0.15) is 0 Å².